The van der Waals surface area contributed by atoms with Gasteiger partial charge in [-0.05, 0) is 31.2 Å². The van der Waals surface area contributed by atoms with Gasteiger partial charge in [0.2, 0.25) is 5.88 Å². The standard InChI is InChI=1S/C17H20ClN5O2/c1-12-19-15(11-16(20-12)25-2)22-7-9-23(10-8-22)17(24)21-14-5-3-13(18)4-6-14/h3-6,11H,7-10H2,1-2H3,(H,21,24). The minimum absolute atomic E-state index is 0.113. The van der Waals surface area contributed by atoms with Crippen LogP contribution in [0.2, 0.25) is 5.02 Å². The predicted molar refractivity (Wildman–Crippen MR) is 97.6 cm³/mol. The molecule has 0 spiro atoms. The quantitative estimate of drug-likeness (QED) is 0.910. The maximum absolute atomic E-state index is 12.4. The van der Waals surface area contributed by atoms with E-state index in [4.69, 9.17) is 16.3 Å². The fourth-order valence-electron chi connectivity index (χ4n) is 2.67. The smallest absolute Gasteiger partial charge is 0.321 e. The van der Waals surface area contributed by atoms with E-state index < -0.39 is 0 Å². The average Bonchev–Trinajstić information content (AvgIpc) is 2.63. The first-order valence-corrected chi connectivity index (χ1v) is 8.39. The first kappa shape index (κ1) is 17.3. The van der Waals surface area contributed by atoms with E-state index in [9.17, 15) is 4.79 Å². The molecule has 0 atom stereocenters. The molecule has 1 aromatic heterocycles. The van der Waals surface area contributed by atoms with E-state index >= 15 is 0 Å². The van der Waals surface area contributed by atoms with Crippen molar-refractivity contribution in [2.75, 3.05) is 43.5 Å². The first-order valence-electron chi connectivity index (χ1n) is 8.01. The molecule has 0 aliphatic carbocycles. The van der Waals surface area contributed by atoms with Crippen molar-refractivity contribution in [1.29, 1.82) is 0 Å². The van der Waals surface area contributed by atoms with Crippen LogP contribution in [0.15, 0.2) is 30.3 Å². The molecule has 0 bridgehead atoms. The third-order valence-electron chi connectivity index (χ3n) is 4.00. The Kier molecular flexibility index (Phi) is 5.23. The summed E-state index contributed by atoms with van der Waals surface area (Å²) < 4.78 is 5.20. The lowest BCUT2D eigenvalue weighted by Gasteiger charge is -2.35. The number of nitrogens with one attached hydrogen (secondary N) is 1. The average molecular weight is 362 g/mol. The van der Waals surface area contributed by atoms with Crippen molar-refractivity contribution in [3.63, 3.8) is 0 Å². The lowest BCUT2D eigenvalue weighted by atomic mass is 10.3. The number of benzene rings is 1. The minimum atomic E-state index is -0.113. The number of aryl methyl sites for hydroxylation is 1. The van der Waals surface area contributed by atoms with Crippen LogP contribution in [0.5, 0.6) is 5.88 Å². The number of halogens is 1. The van der Waals surface area contributed by atoms with Gasteiger partial charge in [0, 0.05) is 43.0 Å². The Bertz CT molecular complexity index is 745. The molecule has 1 aliphatic rings. The third-order valence-corrected chi connectivity index (χ3v) is 4.25. The molecule has 132 valence electrons. The molecule has 1 N–H and O–H groups in total. The van der Waals surface area contributed by atoms with Crippen molar-refractivity contribution in [1.82, 2.24) is 14.9 Å². The van der Waals surface area contributed by atoms with E-state index in [2.05, 4.69) is 20.2 Å². The van der Waals surface area contributed by atoms with E-state index in [-0.39, 0.29) is 6.03 Å². The van der Waals surface area contributed by atoms with Crippen LogP contribution < -0.4 is 15.0 Å². The Morgan fingerprint density at radius 2 is 1.84 bits per heavy atom. The van der Waals surface area contributed by atoms with Crippen molar-refractivity contribution >= 4 is 29.1 Å². The number of rotatable bonds is 3. The molecule has 1 saturated heterocycles. The number of methoxy groups -OCH3 is 1. The third kappa shape index (κ3) is 4.30. The molecule has 7 nitrogen and oxygen atoms in total. The number of piperazine rings is 1. The summed E-state index contributed by atoms with van der Waals surface area (Å²) >= 11 is 5.86. The highest BCUT2D eigenvalue weighted by atomic mass is 35.5. The number of nitrogens with zero attached hydrogens (tertiary/aromatic N) is 4. The fourth-order valence-corrected chi connectivity index (χ4v) is 2.79. The maximum Gasteiger partial charge on any atom is 0.321 e. The Labute approximate surface area is 151 Å². The summed E-state index contributed by atoms with van der Waals surface area (Å²) in [5.74, 6) is 2.03. The molecule has 2 aromatic rings. The topological polar surface area (TPSA) is 70.6 Å². The van der Waals surface area contributed by atoms with Crippen LogP contribution >= 0.6 is 11.6 Å². The molecule has 3 rings (SSSR count). The molecule has 0 unspecified atom stereocenters. The zero-order chi connectivity index (χ0) is 17.8. The summed E-state index contributed by atoms with van der Waals surface area (Å²) in [4.78, 5) is 24.9. The summed E-state index contributed by atoms with van der Waals surface area (Å²) in [6.07, 6.45) is 0. The van der Waals surface area contributed by atoms with Crippen LogP contribution in [0.1, 0.15) is 5.82 Å². The summed E-state index contributed by atoms with van der Waals surface area (Å²) in [7, 11) is 1.59. The molecule has 8 heteroatoms. The van der Waals surface area contributed by atoms with Gasteiger partial charge in [0.1, 0.15) is 11.6 Å². The summed E-state index contributed by atoms with van der Waals surface area (Å²) in [6, 6.07) is 8.77. The van der Waals surface area contributed by atoms with Gasteiger partial charge in [0.15, 0.2) is 0 Å². The predicted octanol–water partition coefficient (Wildman–Crippen LogP) is 2.80. The number of amides is 2. The normalized spacial score (nSPS) is 14.4. The van der Waals surface area contributed by atoms with Crippen molar-refractivity contribution in [2.45, 2.75) is 6.92 Å². The fraction of sp³-hybridized carbons (Fsp3) is 0.353. The van der Waals surface area contributed by atoms with Gasteiger partial charge < -0.3 is 19.9 Å². The number of carbonyl (C=O) groups excluding carboxylic acids is 1. The largest absolute Gasteiger partial charge is 0.481 e. The molecule has 1 fully saturated rings. The van der Waals surface area contributed by atoms with E-state index in [0.717, 1.165) is 11.5 Å². The van der Waals surface area contributed by atoms with Gasteiger partial charge in [0.05, 0.1) is 7.11 Å². The lowest BCUT2D eigenvalue weighted by Crippen LogP contribution is -2.50. The van der Waals surface area contributed by atoms with E-state index in [1.54, 1.807) is 36.3 Å². The number of hydrogen-bond donors (Lipinski definition) is 1. The highest BCUT2D eigenvalue weighted by Crippen LogP contribution is 2.19. The second-order valence-corrected chi connectivity index (χ2v) is 6.16. The summed E-state index contributed by atoms with van der Waals surface area (Å²) in [5.41, 5.74) is 0.730. The molecule has 2 heterocycles. The second-order valence-electron chi connectivity index (χ2n) is 5.73. The highest BCUT2D eigenvalue weighted by Gasteiger charge is 2.22. The number of hydrogen-bond acceptors (Lipinski definition) is 5. The van der Waals surface area contributed by atoms with Gasteiger partial charge in [-0.2, -0.15) is 4.98 Å². The van der Waals surface area contributed by atoms with Crippen LogP contribution in [0.4, 0.5) is 16.3 Å². The minimum Gasteiger partial charge on any atom is -0.481 e. The van der Waals surface area contributed by atoms with Crippen molar-refractivity contribution in [3.8, 4) is 5.88 Å². The van der Waals surface area contributed by atoms with E-state index in [1.807, 2.05) is 13.0 Å². The van der Waals surface area contributed by atoms with Crippen molar-refractivity contribution < 1.29 is 9.53 Å². The van der Waals surface area contributed by atoms with Crippen LogP contribution in [0.3, 0.4) is 0 Å². The lowest BCUT2D eigenvalue weighted by molar-refractivity contribution is 0.208. The first-order chi connectivity index (χ1) is 12.0. The van der Waals surface area contributed by atoms with Gasteiger partial charge in [0.25, 0.3) is 0 Å². The van der Waals surface area contributed by atoms with E-state index in [1.165, 1.54) is 0 Å². The molecule has 1 aliphatic heterocycles. The Hall–Kier alpha value is -2.54. The molecule has 2 amide bonds. The molecule has 1 aromatic carbocycles. The van der Waals surface area contributed by atoms with E-state index in [0.29, 0.717) is 42.9 Å². The van der Waals surface area contributed by atoms with Gasteiger partial charge in [-0.15, -0.1) is 0 Å². The number of carbonyl (C=O) groups is 1. The van der Waals surface area contributed by atoms with Crippen LogP contribution in [0.25, 0.3) is 0 Å². The molecule has 25 heavy (non-hydrogen) atoms. The molecule has 0 radical (unpaired) electrons. The molecular weight excluding hydrogens is 342 g/mol. The van der Waals surface area contributed by atoms with Crippen LogP contribution in [0, 0.1) is 6.92 Å². The Morgan fingerprint density at radius 3 is 2.48 bits per heavy atom. The zero-order valence-corrected chi connectivity index (χ0v) is 15.0. The summed E-state index contributed by atoms with van der Waals surface area (Å²) in [6.45, 7) is 4.47. The van der Waals surface area contributed by atoms with Crippen molar-refractivity contribution in [3.05, 3.63) is 41.2 Å². The van der Waals surface area contributed by atoms with Gasteiger partial charge >= 0.3 is 6.03 Å². The summed E-state index contributed by atoms with van der Waals surface area (Å²) in [5, 5.41) is 3.53. The van der Waals surface area contributed by atoms with Crippen LogP contribution in [-0.2, 0) is 0 Å². The zero-order valence-electron chi connectivity index (χ0n) is 14.2. The van der Waals surface area contributed by atoms with Crippen molar-refractivity contribution in [2.24, 2.45) is 0 Å². The monoisotopic (exact) mass is 361 g/mol. The maximum atomic E-state index is 12.4. The SMILES string of the molecule is COc1cc(N2CCN(C(=O)Nc3ccc(Cl)cc3)CC2)nc(C)n1. The Balaban J connectivity index is 1.58. The molecular formula is C17H20ClN5O2. The number of anilines is 2. The highest BCUT2D eigenvalue weighted by molar-refractivity contribution is 6.30. The Morgan fingerprint density at radius 1 is 1.16 bits per heavy atom. The molecule has 0 saturated carbocycles. The van der Waals surface area contributed by atoms with Gasteiger partial charge in [-0.1, -0.05) is 11.6 Å². The number of ether oxygens (including phenoxy) is 1. The number of urea groups is 1. The van der Waals surface area contributed by atoms with Gasteiger partial charge in [-0.3, -0.25) is 0 Å². The number of aromatic nitrogens is 2. The second kappa shape index (κ2) is 7.57. The van der Waals surface area contributed by atoms with Gasteiger partial charge in [-0.25, -0.2) is 9.78 Å². The van der Waals surface area contributed by atoms with Crippen LogP contribution in [-0.4, -0.2) is 54.2 Å².